The number of thioether (sulfide) groups is 1. The van der Waals surface area contributed by atoms with Gasteiger partial charge in [-0.2, -0.15) is 11.8 Å². The molecule has 0 amide bonds. The highest BCUT2D eigenvalue weighted by atomic mass is 32.2. The molecule has 0 aliphatic rings. The molecule has 0 saturated carbocycles. The number of aryl methyl sites for hydroxylation is 2. The van der Waals surface area contributed by atoms with E-state index in [1.54, 1.807) is 0 Å². The second-order valence-corrected chi connectivity index (χ2v) is 8.25. The predicted molar refractivity (Wildman–Crippen MR) is 124 cm³/mol. The van der Waals surface area contributed by atoms with Gasteiger partial charge in [0.15, 0.2) is 5.11 Å². The van der Waals surface area contributed by atoms with Gasteiger partial charge in [-0.15, -0.1) is 0 Å². The monoisotopic (exact) mass is 425 g/mol. The molecule has 2 heterocycles. The Balaban J connectivity index is 0.00000122. The average Bonchev–Trinajstić information content (AvgIpc) is 3.28. The van der Waals surface area contributed by atoms with E-state index in [9.17, 15) is 0 Å². The van der Waals surface area contributed by atoms with Crippen molar-refractivity contribution in [1.82, 2.24) is 25.5 Å². The van der Waals surface area contributed by atoms with E-state index < -0.39 is 0 Å². The van der Waals surface area contributed by atoms with Crippen LogP contribution in [0.2, 0.25) is 0 Å². The van der Waals surface area contributed by atoms with E-state index in [-0.39, 0.29) is 0 Å². The maximum atomic E-state index is 5.54. The maximum Gasteiger partial charge on any atom is 0.166 e. The molecule has 0 spiro atoms. The zero-order valence-electron chi connectivity index (χ0n) is 17.7. The van der Waals surface area contributed by atoms with Crippen LogP contribution in [0.3, 0.4) is 0 Å². The molecule has 2 aromatic rings. The second kappa shape index (κ2) is 14.5. The summed E-state index contributed by atoms with van der Waals surface area (Å²) in [6, 6.07) is 4.04. The Bertz CT molecular complexity index is 669. The van der Waals surface area contributed by atoms with Gasteiger partial charge in [-0.25, -0.2) is 4.98 Å². The molecule has 2 aromatic heterocycles. The van der Waals surface area contributed by atoms with Gasteiger partial charge in [0, 0.05) is 43.7 Å². The van der Waals surface area contributed by atoms with Gasteiger partial charge >= 0.3 is 0 Å². The normalized spacial score (nSPS) is 10.5. The van der Waals surface area contributed by atoms with Crippen molar-refractivity contribution in [3.63, 3.8) is 0 Å². The highest BCUT2D eigenvalue weighted by Gasteiger charge is 2.06. The van der Waals surface area contributed by atoms with Crippen LogP contribution in [-0.2, 0) is 12.3 Å². The zero-order chi connectivity index (χ0) is 20.8. The van der Waals surface area contributed by atoms with Crippen LogP contribution in [0, 0.1) is 6.92 Å². The Morgan fingerprint density at radius 3 is 2.61 bits per heavy atom. The van der Waals surface area contributed by atoms with Crippen LogP contribution in [-0.4, -0.2) is 47.6 Å². The number of rotatable bonds is 10. The van der Waals surface area contributed by atoms with Crippen LogP contribution < -0.4 is 16.0 Å². The Kier molecular flexibility index (Phi) is 12.7. The van der Waals surface area contributed by atoms with Crippen molar-refractivity contribution in [1.29, 1.82) is 0 Å². The number of aromatic nitrogens is 2. The zero-order valence-corrected chi connectivity index (χ0v) is 19.4. The molecule has 2 rings (SSSR count). The van der Waals surface area contributed by atoms with E-state index in [1.165, 1.54) is 0 Å². The summed E-state index contributed by atoms with van der Waals surface area (Å²) in [4.78, 5) is 4.41. The first-order valence-electron chi connectivity index (χ1n) is 9.72. The number of imidazole rings is 1. The number of furan rings is 1. The standard InChI is InChI=1S/C18H28N4OS2.C2H7N/c1-14(2)17-19-8-11-22(17)10-4-7-20-18(24)21-9-12-25-13-16-6-5-15(3)23-16;1-3-2/h5-6,8,11,14H,4,7,9-10,12-13H2,1-3H3,(H2,20,21,24);3H,1-2H3. The van der Waals surface area contributed by atoms with Crippen LogP contribution in [0.15, 0.2) is 28.9 Å². The third kappa shape index (κ3) is 10.1. The van der Waals surface area contributed by atoms with E-state index in [1.807, 2.05) is 57.3 Å². The van der Waals surface area contributed by atoms with Crippen molar-refractivity contribution < 1.29 is 4.42 Å². The first-order valence-corrected chi connectivity index (χ1v) is 11.3. The third-order valence-electron chi connectivity index (χ3n) is 3.70. The smallest absolute Gasteiger partial charge is 0.166 e. The van der Waals surface area contributed by atoms with Gasteiger partial charge < -0.3 is 24.9 Å². The van der Waals surface area contributed by atoms with Crippen LogP contribution in [0.1, 0.15) is 43.5 Å². The van der Waals surface area contributed by atoms with Gasteiger partial charge in [0.1, 0.15) is 17.3 Å². The van der Waals surface area contributed by atoms with Gasteiger partial charge in [-0.1, -0.05) is 13.8 Å². The highest BCUT2D eigenvalue weighted by Crippen LogP contribution is 2.14. The summed E-state index contributed by atoms with van der Waals surface area (Å²) in [5, 5.41) is 9.99. The van der Waals surface area contributed by atoms with Crippen molar-refractivity contribution in [2.45, 2.75) is 45.4 Å². The fourth-order valence-electron chi connectivity index (χ4n) is 2.50. The molecule has 0 unspecified atom stereocenters. The molecule has 0 bridgehead atoms. The van der Waals surface area contributed by atoms with Crippen molar-refractivity contribution >= 4 is 29.1 Å². The summed E-state index contributed by atoms with van der Waals surface area (Å²) < 4.78 is 7.76. The lowest BCUT2D eigenvalue weighted by Crippen LogP contribution is -2.37. The van der Waals surface area contributed by atoms with Crippen molar-refractivity contribution in [3.8, 4) is 0 Å². The van der Waals surface area contributed by atoms with Crippen LogP contribution in [0.25, 0.3) is 0 Å². The minimum absolute atomic E-state index is 0.452. The van der Waals surface area contributed by atoms with Gasteiger partial charge in [0.05, 0.1) is 5.75 Å². The minimum Gasteiger partial charge on any atom is -0.466 e. The summed E-state index contributed by atoms with van der Waals surface area (Å²) in [5.74, 6) is 5.49. The molecule has 8 heteroatoms. The Hall–Kier alpha value is -1.51. The molecule has 6 nitrogen and oxygen atoms in total. The molecule has 0 radical (unpaired) electrons. The lowest BCUT2D eigenvalue weighted by Gasteiger charge is -2.12. The summed E-state index contributed by atoms with van der Waals surface area (Å²) in [6.07, 6.45) is 4.94. The van der Waals surface area contributed by atoms with E-state index in [0.29, 0.717) is 5.92 Å². The molecule has 0 aliphatic carbocycles. The molecule has 3 N–H and O–H groups in total. The average molecular weight is 426 g/mol. The predicted octanol–water partition coefficient (Wildman–Crippen LogP) is 3.53. The summed E-state index contributed by atoms with van der Waals surface area (Å²) >= 11 is 7.15. The number of thiocarbonyl (C=S) groups is 1. The van der Waals surface area contributed by atoms with Crippen molar-refractivity contribution in [2.75, 3.05) is 32.9 Å². The quantitative estimate of drug-likeness (QED) is 0.397. The van der Waals surface area contributed by atoms with E-state index >= 15 is 0 Å². The molecule has 28 heavy (non-hydrogen) atoms. The van der Waals surface area contributed by atoms with E-state index in [2.05, 4.69) is 39.3 Å². The lowest BCUT2D eigenvalue weighted by molar-refractivity contribution is 0.501. The molecule has 158 valence electrons. The third-order valence-corrected chi connectivity index (χ3v) is 4.97. The summed E-state index contributed by atoms with van der Waals surface area (Å²) in [7, 11) is 3.75. The molecule has 0 aromatic carbocycles. The van der Waals surface area contributed by atoms with Gasteiger partial charge in [-0.3, -0.25) is 0 Å². The van der Waals surface area contributed by atoms with Crippen molar-refractivity contribution in [3.05, 3.63) is 41.9 Å². The molecule has 0 saturated heterocycles. The molecule has 0 fully saturated rings. The molecule has 0 atom stereocenters. The second-order valence-electron chi connectivity index (χ2n) is 6.73. The number of hydrogen-bond donors (Lipinski definition) is 3. The van der Waals surface area contributed by atoms with Crippen LogP contribution in [0.5, 0.6) is 0 Å². The Morgan fingerprint density at radius 1 is 1.25 bits per heavy atom. The fourth-order valence-corrected chi connectivity index (χ4v) is 3.45. The van der Waals surface area contributed by atoms with Crippen LogP contribution in [0.4, 0.5) is 0 Å². The Labute approximate surface area is 179 Å². The van der Waals surface area contributed by atoms with Crippen LogP contribution >= 0.6 is 24.0 Å². The maximum absolute atomic E-state index is 5.54. The first kappa shape index (κ1) is 24.5. The minimum atomic E-state index is 0.452. The van der Waals surface area contributed by atoms with E-state index in [4.69, 9.17) is 16.6 Å². The van der Waals surface area contributed by atoms with Gasteiger partial charge in [-0.05, 0) is 51.8 Å². The SMILES string of the molecule is CNC.Cc1ccc(CSCCNC(=S)NCCCn2ccnc2C(C)C)o1. The molecule has 0 aliphatic heterocycles. The van der Waals surface area contributed by atoms with E-state index in [0.717, 1.165) is 60.0 Å². The summed E-state index contributed by atoms with van der Waals surface area (Å²) in [5.41, 5.74) is 0. The molecular weight excluding hydrogens is 390 g/mol. The fraction of sp³-hybridized carbons (Fsp3) is 0.600. The number of nitrogens with one attached hydrogen (secondary N) is 3. The number of nitrogens with zero attached hydrogens (tertiary/aromatic N) is 2. The largest absolute Gasteiger partial charge is 0.466 e. The highest BCUT2D eigenvalue weighted by molar-refractivity contribution is 7.98. The first-order chi connectivity index (χ1) is 13.5. The van der Waals surface area contributed by atoms with Gasteiger partial charge in [0.2, 0.25) is 0 Å². The molecular formula is C20H35N5OS2. The topological polar surface area (TPSA) is 67.0 Å². The van der Waals surface area contributed by atoms with Crippen molar-refractivity contribution in [2.24, 2.45) is 0 Å². The number of hydrogen-bond acceptors (Lipinski definition) is 5. The summed E-state index contributed by atoms with van der Waals surface area (Å²) in [6.45, 7) is 8.98. The lowest BCUT2D eigenvalue weighted by atomic mass is 10.2. The Morgan fingerprint density at radius 2 is 1.96 bits per heavy atom. The van der Waals surface area contributed by atoms with Gasteiger partial charge in [0.25, 0.3) is 0 Å².